The number of methoxy groups -OCH3 is 1. The first kappa shape index (κ1) is 18.9. The minimum Gasteiger partial charge on any atom is -0.497 e. The lowest BCUT2D eigenvalue weighted by molar-refractivity contribution is 0.0393. The van der Waals surface area contributed by atoms with Crippen LogP contribution in [0, 0.1) is 0 Å². The Balaban J connectivity index is 1.44. The predicted octanol–water partition coefficient (Wildman–Crippen LogP) is 4.67. The van der Waals surface area contributed by atoms with E-state index in [9.17, 15) is 4.79 Å². The molecule has 0 saturated carbocycles. The number of halogens is 1. The number of hydrogen-bond acceptors (Lipinski definition) is 3. The molecule has 26 heavy (non-hydrogen) atoms. The molecule has 0 spiro atoms. The summed E-state index contributed by atoms with van der Waals surface area (Å²) < 4.78 is 12.0. The third-order valence-corrected chi connectivity index (χ3v) is 5.35. The highest BCUT2D eigenvalue weighted by atomic mass is 79.9. The summed E-state index contributed by atoms with van der Waals surface area (Å²) in [5, 5.41) is 2.94. The van der Waals surface area contributed by atoms with Crippen LogP contribution in [0.1, 0.15) is 46.9 Å². The van der Waals surface area contributed by atoms with Crippen LogP contribution in [0.4, 0.5) is 0 Å². The second-order valence-corrected chi connectivity index (χ2v) is 7.26. The highest BCUT2D eigenvalue weighted by molar-refractivity contribution is 9.10. The van der Waals surface area contributed by atoms with Crippen LogP contribution in [0.5, 0.6) is 5.75 Å². The molecule has 1 aliphatic carbocycles. The maximum absolute atomic E-state index is 12.3. The number of amides is 1. The fourth-order valence-electron chi connectivity index (χ4n) is 3.28. The van der Waals surface area contributed by atoms with Gasteiger partial charge in [-0.3, -0.25) is 4.79 Å². The third kappa shape index (κ3) is 4.65. The Morgan fingerprint density at radius 2 is 2.12 bits per heavy atom. The summed E-state index contributed by atoms with van der Waals surface area (Å²) in [7, 11) is 1.59. The van der Waals surface area contributed by atoms with Crippen molar-refractivity contribution in [3.63, 3.8) is 0 Å². The van der Waals surface area contributed by atoms with E-state index >= 15 is 0 Å². The number of benzene rings is 2. The zero-order valence-electron chi connectivity index (χ0n) is 15.0. The molecule has 138 valence electrons. The fourth-order valence-corrected chi connectivity index (χ4v) is 3.71. The van der Waals surface area contributed by atoms with Gasteiger partial charge in [-0.1, -0.05) is 24.3 Å². The lowest BCUT2D eigenvalue weighted by Gasteiger charge is -2.25. The summed E-state index contributed by atoms with van der Waals surface area (Å²) in [6, 6.07) is 13.9. The molecule has 0 saturated heterocycles. The van der Waals surface area contributed by atoms with Crippen LogP contribution >= 0.6 is 15.9 Å². The molecule has 1 atom stereocenters. The monoisotopic (exact) mass is 417 g/mol. The summed E-state index contributed by atoms with van der Waals surface area (Å²) >= 11 is 3.41. The first-order chi connectivity index (χ1) is 12.7. The maximum Gasteiger partial charge on any atom is 0.252 e. The number of aryl methyl sites for hydroxylation is 1. The fraction of sp³-hybridized carbons (Fsp3) is 0.381. The third-order valence-electron chi connectivity index (χ3n) is 4.66. The van der Waals surface area contributed by atoms with E-state index in [4.69, 9.17) is 9.47 Å². The Morgan fingerprint density at radius 1 is 1.27 bits per heavy atom. The van der Waals surface area contributed by atoms with E-state index in [1.54, 1.807) is 13.2 Å². The number of hydrogen-bond donors (Lipinski definition) is 1. The molecule has 0 bridgehead atoms. The van der Waals surface area contributed by atoms with Crippen LogP contribution in [-0.4, -0.2) is 26.2 Å². The second kappa shape index (κ2) is 9.19. The first-order valence-corrected chi connectivity index (χ1v) is 9.79. The number of rotatable bonds is 7. The Bertz CT molecular complexity index is 763. The highest BCUT2D eigenvalue weighted by Gasteiger charge is 2.20. The SMILES string of the molecule is COc1ccc(Br)c(C(=O)NCCCOC2CCCc3ccccc32)c1. The van der Waals surface area contributed by atoms with Gasteiger partial charge in [0.15, 0.2) is 0 Å². The van der Waals surface area contributed by atoms with Gasteiger partial charge < -0.3 is 14.8 Å². The average molecular weight is 418 g/mol. The standard InChI is InChI=1S/C21H24BrNO3/c1-25-16-10-11-19(22)18(14-16)21(24)23-12-5-13-26-20-9-4-7-15-6-2-3-8-17(15)20/h2-3,6,8,10-11,14,20H,4-5,7,9,12-13H2,1H3,(H,23,24). The maximum atomic E-state index is 12.3. The van der Waals surface area contributed by atoms with E-state index in [0.717, 1.165) is 23.7 Å². The van der Waals surface area contributed by atoms with E-state index in [-0.39, 0.29) is 12.0 Å². The molecule has 2 aromatic carbocycles. The van der Waals surface area contributed by atoms with E-state index in [1.807, 2.05) is 12.1 Å². The summed E-state index contributed by atoms with van der Waals surface area (Å²) in [5.41, 5.74) is 3.30. The van der Waals surface area contributed by atoms with Gasteiger partial charge in [-0.15, -0.1) is 0 Å². The predicted molar refractivity (Wildman–Crippen MR) is 106 cm³/mol. The molecular formula is C21H24BrNO3. The van der Waals surface area contributed by atoms with Gasteiger partial charge in [0.05, 0.1) is 18.8 Å². The topological polar surface area (TPSA) is 47.6 Å². The van der Waals surface area contributed by atoms with Crippen molar-refractivity contribution in [1.82, 2.24) is 5.32 Å². The molecule has 1 aliphatic rings. The molecule has 4 nitrogen and oxygen atoms in total. The van der Waals surface area contributed by atoms with Crippen LogP contribution in [-0.2, 0) is 11.2 Å². The van der Waals surface area contributed by atoms with E-state index in [2.05, 4.69) is 45.5 Å². The van der Waals surface area contributed by atoms with Crippen molar-refractivity contribution in [2.45, 2.75) is 31.8 Å². The quantitative estimate of drug-likeness (QED) is 0.665. The summed E-state index contributed by atoms with van der Waals surface area (Å²) in [5.74, 6) is 0.552. The van der Waals surface area contributed by atoms with Gasteiger partial charge in [0, 0.05) is 17.6 Å². The lowest BCUT2D eigenvalue weighted by Crippen LogP contribution is -2.26. The highest BCUT2D eigenvalue weighted by Crippen LogP contribution is 2.32. The van der Waals surface area contributed by atoms with Crippen molar-refractivity contribution in [2.24, 2.45) is 0 Å². The van der Waals surface area contributed by atoms with Crippen LogP contribution in [0.25, 0.3) is 0 Å². The van der Waals surface area contributed by atoms with E-state index < -0.39 is 0 Å². The number of ether oxygens (including phenoxy) is 2. The summed E-state index contributed by atoms with van der Waals surface area (Å²) in [4.78, 5) is 12.3. The van der Waals surface area contributed by atoms with Crippen molar-refractivity contribution in [3.8, 4) is 5.75 Å². The molecule has 0 fully saturated rings. The zero-order valence-corrected chi connectivity index (χ0v) is 16.6. The summed E-state index contributed by atoms with van der Waals surface area (Å²) in [6.07, 6.45) is 4.35. The average Bonchev–Trinajstić information content (AvgIpc) is 2.68. The first-order valence-electron chi connectivity index (χ1n) is 9.00. The number of carbonyl (C=O) groups is 1. The Hall–Kier alpha value is -1.85. The van der Waals surface area contributed by atoms with Crippen LogP contribution in [0.2, 0.25) is 0 Å². The smallest absolute Gasteiger partial charge is 0.252 e. The second-order valence-electron chi connectivity index (χ2n) is 6.41. The van der Waals surface area contributed by atoms with Crippen molar-refractivity contribution >= 4 is 21.8 Å². The Labute approximate surface area is 163 Å². The number of carbonyl (C=O) groups excluding carboxylic acids is 1. The molecule has 3 rings (SSSR count). The van der Waals surface area contributed by atoms with Gasteiger partial charge in [0.25, 0.3) is 5.91 Å². The Kier molecular flexibility index (Phi) is 6.69. The van der Waals surface area contributed by atoms with Gasteiger partial charge >= 0.3 is 0 Å². The molecule has 0 aliphatic heterocycles. The van der Waals surface area contributed by atoms with Crippen molar-refractivity contribution < 1.29 is 14.3 Å². The van der Waals surface area contributed by atoms with E-state index in [1.165, 1.54) is 17.5 Å². The molecule has 1 unspecified atom stereocenters. The minimum absolute atomic E-state index is 0.112. The molecule has 5 heteroatoms. The zero-order chi connectivity index (χ0) is 18.4. The largest absolute Gasteiger partial charge is 0.497 e. The molecule has 1 N–H and O–H groups in total. The van der Waals surface area contributed by atoms with Crippen molar-refractivity contribution in [1.29, 1.82) is 0 Å². The number of nitrogens with one attached hydrogen (secondary N) is 1. The molecule has 2 aromatic rings. The van der Waals surface area contributed by atoms with Crippen LogP contribution in [0.3, 0.4) is 0 Å². The van der Waals surface area contributed by atoms with Gasteiger partial charge in [0.2, 0.25) is 0 Å². The van der Waals surface area contributed by atoms with Crippen LogP contribution < -0.4 is 10.1 Å². The minimum atomic E-state index is -0.112. The molecular weight excluding hydrogens is 394 g/mol. The molecule has 1 amide bonds. The molecule has 0 radical (unpaired) electrons. The summed E-state index contributed by atoms with van der Waals surface area (Å²) in [6.45, 7) is 1.22. The van der Waals surface area contributed by atoms with Crippen molar-refractivity contribution in [2.75, 3.05) is 20.3 Å². The van der Waals surface area contributed by atoms with E-state index in [0.29, 0.717) is 24.5 Å². The van der Waals surface area contributed by atoms with Crippen molar-refractivity contribution in [3.05, 3.63) is 63.6 Å². The molecule has 0 heterocycles. The number of fused-ring (bicyclic) bond motifs is 1. The lowest BCUT2D eigenvalue weighted by atomic mass is 9.89. The normalized spacial score (nSPS) is 16.0. The van der Waals surface area contributed by atoms with Gasteiger partial charge in [-0.05, 0) is 70.9 Å². The molecule has 0 aromatic heterocycles. The van der Waals surface area contributed by atoms with Gasteiger partial charge in [0.1, 0.15) is 5.75 Å². The van der Waals surface area contributed by atoms with Gasteiger partial charge in [-0.2, -0.15) is 0 Å². The van der Waals surface area contributed by atoms with Gasteiger partial charge in [-0.25, -0.2) is 0 Å². The van der Waals surface area contributed by atoms with Crippen LogP contribution in [0.15, 0.2) is 46.9 Å². The Morgan fingerprint density at radius 3 is 2.96 bits per heavy atom.